The van der Waals surface area contributed by atoms with Gasteiger partial charge in [0.15, 0.2) is 0 Å². The number of piperidine rings is 3. The molecule has 0 atom stereocenters. The summed E-state index contributed by atoms with van der Waals surface area (Å²) in [6, 6.07) is 17.1. The number of aromatic nitrogens is 2. The fourth-order valence-electron chi connectivity index (χ4n) is 11.1. The minimum absolute atomic E-state index is 0.0495. The van der Waals surface area contributed by atoms with Gasteiger partial charge in [-0.3, -0.25) is 33.5 Å². The summed E-state index contributed by atoms with van der Waals surface area (Å²) in [5.41, 5.74) is 4.94. The molecule has 4 saturated heterocycles. The van der Waals surface area contributed by atoms with Gasteiger partial charge < -0.3 is 9.80 Å². The quantitative estimate of drug-likeness (QED) is 0.199. The van der Waals surface area contributed by atoms with Crippen LogP contribution in [0.2, 0.25) is 5.02 Å². The normalized spacial score (nSPS) is 22.0. The van der Waals surface area contributed by atoms with E-state index < -0.39 is 0 Å². The summed E-state index contributed by atoms with van der Waals surface area (Å²) in [6.07, 6.45) is 10.3. The molecule has 5 fully saturated rings. The number of likely N-dealkylation sites (tertiary alicyclic amines) is 2. The highest BCUT2D eigenvalue weighted by molar-refractivity contribution is 6.35. The van der Waals surface area contributed by atoms with E-state index >= 15 is 4.39 Å². The number of halogens is 2. The highest BCUT2D eigenvalue weighted by Gasteiger charge is 2.48. The number of nitrogens with zero attached hydrogens (tertiary/aromatic N) is 6. The number of carbonyl (C=O) groups is 3. The predicted octanol–water partition coefficient (Wildman–Crippen LogP) is 7.09. The van der Waals surface area contributed by atoms with E-state index in [1.807, 2.05) is 21.9 Å². The average molecular weight is 791 g/mol. The van der Waals surface area contributed by atoms with Crippen LogP contribution in [-0.4, -0.2) is 82.9 Å². The molecule has 3 amide bonds. The lowest BCUT2D eigenvalue weighted by molar-refractivity contribution is -0.146. The molecule has 1 aliphatic carbocycles. The van der Waals surface area contributed by atoms with Gasteiger partial charge >= 0.3 is 0 Å². The molecular formula is C45H48ClFN6O4. The Labute approximate surface area is 336 Å². The van der Waals surface area contributed by atoms with E-state index in [4.69, 9.17) is 16.6 Å². The van der Waals surface area contributed by atoms with Crippen molar-refractivity contribution in [1.82, 2.24) is 19.4 Å². The SMILES string of the molecule is O=C(CN1CCC(c2ccc3c(c2)-n2c(nc(=O)c4c(Cl)cccc42)C32CCCCC2)CC1)N1CC2(CCN(c3cc(N4C(=O)CCCC4=O)ccc3F)CC2)C1. The van der Waals surface area contributed by atoms with Gasteiger partial charge in [0, 0.05) is 44.4 Å². The molecule has 1 saturated carbocycles. The zero-order valence-electron chi connectivity index (χ0n) is 32.3. The van der Waals surface area contributed by atoms with Crippen molar-refractivity contribution in [2.24, 2.45) is 5.41 Å². The first-order valence-corrected chi connectivity index (χ1v) is 21.3. The monoisotopic (exact) mass is 790 g/mol. The fourth-order valence-corrected chi connectivity index (χ4v) is 11.3. The molecule has 10 rings (SSSR count). The third-order valence-corrected chi connectivity index (χ3v) is 14.5. The van der Waals surface area contributed by atoms with Crippen LogP contribution in [0.15, 0.2) is 59.4 Å². The maximum absolute atomic E-state index is 15.1. The Morgan fingerprint density at radius 1 is 0.825 bits per heavy atom. The fraction of sp³-hybridized carbons (Fsp3) is 0.489. The number of imide groups is 1. The Hall–Kier alpha value is -4.61. The standard InChI is InChI=1S/C45H48ClFN6O4/c46-33-6-4-7-35-41(33)42(57)48-43-45(16-2-1-3-17-45)32-12-10-30(24-36(32)53(35)43)29-14-20-49(21-15-29)26-40(56)51-27-44(28-51)18-22-50(23-19-44)37-25-31(11-13-34(37)47)52-38(54)8-5-9-39(52)55/h4,6-7,10-13,24-25,29H,1-3,5,8-9,14-23,26-28H2. The van der Waals surface area contributed by atoms with Crippen molar-refractivity contribution in [3.8, 4) is 5.69 Å². The average Bonchev–Trinajstić information content (AvgIpc) is 3.45. The topological polar surface area (TPSA) is 99.1 Å². The van der Waals surface area contributed by atoms with Gasteiger partial charge in [0.25, 0.3) is 5.56 Å². The molecule has 3 aromatic carbocycles. The van der Waals surface area contributed by atoms with Crippen LogP contribution in [0.1, 0.15) is 99.9 Å². The first-order valence-electron chi connectivity index (χ1n) is 20.9. The summed E-state index contributed by atoms with van der Waals surface area (Å²) in [5.74, 6) is 0.590. The number of hydrogen-bond donors (Lipinski definition) is 0. The first-order chi connectivity index (χ1) is 27.6. The van der Waals surface area contributed by atoms with E-state index in [1.54, 1.807) is 12.1 Å². The summed E-state index contributed by atoms with van der Waals surface area (Å²) < 4.78 is 17.3. The number of rotatable bonds is 5. The van der Waals surface area contributed by atoms with Gasteiger partial charge in [0.2, 0.25) is 17.7 Å². The summed E-state index contributed by atoms with van der Waals surface area (Å²) >= 11 is 6.59. The van der Waals surface area contributed by atoms with Crippen LogP contribution in [0.4, 0.5) is 15.8 Å². The maximum Gasteiger partial charge on any atom is 0.282 e. The highest BCUT2D eigenvalue weighted by atomic mass is 35.5. The molecule has 57 heavy (non-hydrogen) atoms. The Morgan fingerprint density at radius 3 is 2.30 bits per heavy atom. The van der Waals surface area contributed by atoms with Crippen LogP contribution < -0.4 is 15.4 Å². The predicted molar refractivity (Wildman–Crippen MR) is 218 cm³/mol. The second-order valence-corrected chi connectivity index (χ2v) is 17.9. The van der Waals surface area contributed by atoms with Crippen molar-refractivity contribution in [3.63, 3.8) is 0 Å². The van der Waals surface area contributed by atoms with Crippen molar-refractivity contribution in [2.45, 2.75) is 88.4 Å². The molecule has 0 radical (unpaired) electrons. The molecule has 0 bridgehead atoms. The van der Waals surface area contributed by atoms with E-state index in [-0.39, 0.29) is 39.9 Å². The van der Waals surface area contributed by atoms with Crippen molar-refractivity contribution >= 4 is 51.6 Å². The van der Waals surface area contributed by atoms with Crippen LogP contribution in [0.3, 0.4) is 0 Å². The summed E-state index contributed by atoms with van der Waals surface area (Å²) in [6.45, 7) is 4.91. The molecule has 0 unspecified atom stereocenters. The third kappa shape index (κ3) is 6.10. The lowest BCUT2D eigenvalue weighted by Gasteiger charge is -2.54. The van der Waals surface area contributed by atoms with E-state index in [1.165, 1.54) is 34.6 Å². The maximum atomic E-state index is 15.1. The van der Waals surface area contributed by atoms with Crippen LogP contribution in [-0.2, 0) is 19.8 Å². The molecule has 4 aromatic rings. The van der Waals surface area contributed by atoms with Crippen LogP contribution >= 0.6 is 11.6 Å². The largest absolute Gasteiger partial charge is 0.369 e. The third-order valence-electron chi connectivity index (χ3n) is 14.2. The van der Waals surface area contributed by atoms with Gasteiger partial charge in [-0.15, -0.1) is 0 Å². The van der Waals surface area contributed by atoms with E-state index in [0.717, 1.165) is 94.6 Å². The van der Waals surface area contributed by atoms with Crippen molar-refractivity contribution in [3.05, 3.63) is 92.7 Å². The molecule has 10 nitrogen and oxygen atoms in total. The number of amides is 3. The van der Waals surface area contributed by atoms with E-state index in [2.05, 4.69) is 27.7 Å². The Balaban J connectivity index is 0.767. The molecule has 6 aliphatic rings. The lowest BCUT2D eigenvalue weighted by atomic mass is 9.69. The van der Waals surface area contributed by atoms with Crippen molar-refractivity contribution in [2.75, 3.05) is 55.6 Å². The number of carbonyl (C=O) groups excluding carboxylic acids is 3. The zero-order valence-corrected chi connectivity index (χ0v) is 33.0. The number of anilines is 2. The van der Waals surface area contributed by atoms with Crippen LogP contribution in [0, 0.1) is 11.2 Å². The Bertz CT molecular complexity index is 2350. The molecule has 6 heterocycles. The molecule has 0 N–H and O–H groups in total. The van der Waals surface area contributed by atoms with Gasteiger partial charge in [-0.05, 0) is 111 Å². The highest BCUT2D eigenvalue weighted by Crippen LogP contribution is 2.52. The summed E-state index contributed by atoms with van der Waals surface area (Å²) in [4.78, 5) is 64.2. The number of hydrogen-bond acceptors (Lipinski definition) is 7. The van der Waals surface area contributed by atoms with Crippen molar-refractivity contribution < 1.29 is 18.8 Å². The molecule has 1 aromatic heterocycles. The smallest absolute Gasteiger partial charge is 0.282 e. The van der Waals surface area contributed by atoms with Gasteiger partial charge in [0.05, 0.1) is 44.9 Å². The minimum Gasteiger partial charge on any atom is -0.369 e. The second-order valence-electron chi connectivity index (χ2n) is 17.5. The molecule has 2 spiro atoms. The van der Waals surface area contributed by atoms with Gasteiger partial charge in [-0.2, -0.15) is 4.98 Å². The van der Waals surface area contributed by atoms with Gasteiger partial charge in [0.1, 0.15) is 11.6 Å². The molecule has 5 aliphatic heterocycles. The zero-order chi connectivity index (χ0) is 39.1. The summed E-state index contributed by atoms with van der Waals surface area (Å²) in [7, 11) is 0. The lowest BCUT2D eigenvalue weighted by Crippen LogP contribution is -2.63. The van der Waals surface area contributed by atoms with Gasteiger partial charge in [-0.1, -0.05) is 49.1 Å². The minimum atomic E-state index is -0.357. The van der Waals surface area contributed by atoms with Crippen molar-refractivity contribution in [1.29, 1.82) is 0 Å². The number of benzene rings is 3. The Morgan fingerprint density at radius 2 is 1.56 bits per heavy atom. The first kappa shape index (κ1) is 36.7. The second kappa shape index (κ2) is 14.0. The van der Waals surface area contributed by atoms with Gasteiger partial charge in [-0.25, -0.2) is 4.39 Å². The van der Waals surface area contributed by atoms with E-state index in [0.29, 0.717) is 66.6 Å². The summed E-state index contributed by atoms with van der Waals surface area (Å²) in [5, 5.41) is 0.915. The number of fused-ring (bicyclic) bond motifs is 7. The van der Waals surface area contributed by atoms with E-state index in [9.17, 15) is 19.2 Å². The molecule has 12 heteroatoms. The molecule has 296 valence electrons. The van der Waals surface area contributed by atoms with Crippen LogP contribution in [0.5, 0.6) is 0 Å². The molecular weight excluding hydrogens is 743 g/mol. The van der Waals surface area contributed by atoms with Crippen LogP contribution in [0.25, 0.3) is 16.6 Å². The Kier molecular flexibility index (Phi) is 9.05.